The second-order valence-electron chi connectivity index (χ2n) is 5.28. The lowest BCUT2D eigenvalue weighted by molar-refractivity contribution is -0.137. The van der Waals surface area contributed by atoms with Crippen LogP contribution in [0.25, 0.3) is 0 Å². The molecule has 2 aliphatic rings. The molecule has 0 spiro atoms. The molecule has 2 aliphatic heterocycles. The molecule has 1 aromatic rings. The Labute approximate surface area is 146 Å². The Balaban J connectivity index is 2.22. The van der Waals surface area contributed by atoms with Crippen molar-refractivity contribution >= 4 is 44.7 Å². The molecule has 120 valence electrons. The predicted octanol–water partition coefficient (Wildman–Crippen LogP) is 3.27. The van der Waals surface area contributed by atoms with E-state index in [1.165, 1.54) is 18.9 Å². The highest BCUT2D eigenvalue weighted by molar-refractivity contribution is 9.10. The minimum atomic E-state index is -0.532. The van der Waals surface area contributed by atoms with Crippen LogP contribution in [0.5, 0.6) is 0 Å². The van der Waals surface area contributed by atoms with Gasteiger partial charge in [0.25, 0.3) is 0 Å². The number of amides is 1. The number of amidine groups is 1. The maximum Gasteiger partial charge on any atom is 0.338 e. The van der Waals surface area contributed by atoms with E-state index in [1.807, 2.05) is 31.2 Å². The lowest BCUT2D eigenvalue weighted by Gasteiger charge is -2.33. The number of rotatable bonds is 2. The number of ether oxygens (including phenoxy) is 1. The Morgan fingerprint density at radius 3 is 2.74 bits per heavy atom. The van der Waals surface area contributed by atoms with Crippen LogP contribution in [0.2, 0.25) is 0 Å². The number of methoxy groups -OCH3 is 1. The molecule has 0 saturated carbocycles. The Hall–Kier alpha value is -1.60. The molecule has 0 radical (unpaired) electrons. The zero-order chi connectivity index (χ0) is 16.7. The second-order valence-corrected chi connectivity index (χ2v) is 7.44. The van der Waals surface area contributed by atoms with Crippen LogP contribution >= 0.6 is 27.7 Å². The Morgan fingerprint density at radius 1 is 1.39 bits per heavy atom. The van der Waals surface area contributed by atoms with Gasteiger partial charge < -0.3 is 4.74 Å². The lowest BCUT2D eigenvalue weighted by atomic mass is 9.94. The number of carbonyl (C=O) groups excluding carboxylic acids is 2. The quantitative estimate of drug-likeness (QED) is 0.722. The van der Waals surface area contributed by atoms with Crippen LogP contribution in [0.15, 0.2) is 45.0 Å². The molecule has 1 saturated heterocycles. The van der Waals surface area contributed by atoms with Crippen LogP contribution in [-0.4, -0.2) is 34.3 Å². The third kappa shape index (κ3) is 2.61. The fraction of sp³-hybridized carbons (Fsp3) is 0.312. The Morgan fingerprint density at radius 2 is 2.09 bits per heavy atom. The highest BCUT2D eigenvalue weighted by Gasteiger charge is 2.46. The third-order valence-corrected chi connectivity index (χ3v) is 5.64. The van der Waals surface area contributed by atoms with Crippen molar-refractivity contribution in [3.8, 4) is 0 Å². The topological polar surface area (TPSA) is 59.0 Å². The monoisotopic (exact) mass is 394 g/mol. The van der Waals surface area contributed by atoms with Crippen LogP contribution in [0, 0.1) is 0 Å². The Kier molecular flexibility index (Phi) is 4.33. The van der Waals surface area contributed by atoms with Gasteiger partial charge in [-0.15, -0.1) is 0 Å². The molecule has 3 rings (SSSR count). The number of nitrogens with zero attached hydrogens (tertiary/aromatic N) is 2. The molecule has 1 aromatic carbocycles. The summed E-state index contributed by atoms with van der Waals surface area (Å²) in [4.78, 5) is 31.0. The van der Waals surface area contributed by atoms with Crippen LogP contribution in [-0.2, 0) is 14.3 Å². The SMILES string of the molecule is COC(=O)C1=C(C)N=C2SC(C)C(=O)N2C1c1ccccc1Br. The number of benzene rings is 1. The van der Waals surface area contributed by atoms with E-state index in [1.54, 1.807) is 11.8 Å². The summed E-state index contributed by atoms with van der Waals surface area (Å²) in [5.74, 6) is -0.521. The highest BCUT2D eigenvalue weighted by atomic mass is 79.9. The number of esters is 1. The highest BCUT2D eigenvalue weighted by Crippen LogP contribution is 2.44. The van der Waals surface area contributed by atoms with Gasteiger partial charge in [0.1, 0.15) is 0 Å². The maximum atomic E-state index is 12.6. The number of thioether (sulfide) groups is 1. The van der Waals surface area contributed by atoms with Gasteiger partial charge >= 0.3 is 5.97 Å². The first-order valence-electron chi connectivity index (χ1n) is 7.07. The first-order chi connectivity index (χ1) is 11.0. The molecule has 1 amide bonds. The molecule has 5 nitrogen and oxygen atoms in total. The van der Waals surface area contributed by atoms with E-state index in [2.05, 4.69) is 20.9 Å². The van der Waals surface area contributed by atoms with Gasteiger partial charge in [-0.25, -0.2) is 9.79 Å². The average Bonchev–Trinajstić information content (AvgIpc) is 2.80. The van der Waals surface area contributed by atoms with Gasteiger partial charge in [0.2, 0.25) is 5.91 Å². The fourth-order valence-electron chi connectivity index (χ4n) is 2.76. The number of allylic oxidation sites excluding steroid dienone is 1. The van der Waals surface area contributed by atoms with Gasteiger partial charge in [0.15, 0.2) is 5.17 Å². The van der Waals surface area contributed by atoms with Crippen molar-refractivity contribution in [2.45, 2.75) is 25.1 Å². The molecule has 0 aromatic heterocycles. The maximum absolute atomic E-state index is 12.6. The van der Waals surface area contributed by atoms with Crippen molar-refractivity contribution in [2.24, 2.45) is 4.99 Å². The summed E-state index contributed by atoms with van der Waals surface area (Å²) in [6.07, 6.45) is 0. The van der Waals surface area contributed by atoms with E-state index in [0.29, 0.717) is 16.4 Å². The number of hydrogen-bond donors (Lipinski definition) is 0. The summed E-state index contributed by atoms with van der Waals surface area (Å²) in [7, 11) is 1.34. The molecular formula is C16H15BrN2O3S. The number of carbonyl (C=O) groups is 2. The van der Waals surface area contributed by atoms with Crippen molar-refractivity contribution in [3.63, 3.8) is 0 Å². The van der Waals surface area contributed by atoms with Crippen molar-refractivity contribution in [1.82, 2.24) is 4.90 Å². The minimum absolute atomic E-state index is 0.0524. The molecule has 0 N–H and O–H groups in total. The van der Waals surface area contributed by atoms with Crippen LogP contribution < -0.4 is 0 Å². The standard InChI is InChI=1S/C16H15BrN2O3S/c1-8-12(15(21)22-3)13(10-6-4-5-7-11(10)17)19-14(20)9(2)23-16(19)18-8/h4-7,9,13H,1-3H3. The first kappa shape index (κ1) is 16.3. The molecule has 0 aliphatic carbocycles. The van der Waals surface area contributed by atoms with Gasteiger partial charge in [0, 0.05) is 4.47 Å². The number of hydrogen-bond acceptors (Lipinski definition) is 5. The average molecular weight is 395 g/mol. The van der Waals surface area contributed by atoms with Crippen molar-refractivity contribution in [3.05, 3.63) is 45.6 Å². The van der Waals surface area contributed by atoms with Gasteiger partial charge in [-0.05, 0) is 25.5 Å². The molecule has 23 heavy (non-hydrogen) atoms. The van der Waals surface area contributed by atoms with E-state index in [0.717, 1.165) is 10.0 Å². The van der Waals surface area contributed by atoms with Crippen LogP contribution in [0.1, 0.15) is 25.5 Å². The molecule has 2 heterocycles. The van der Waals surface area contributed by atoms with Crippen molar-refractivity contribution < 1.29 is 14.3 Å². The van der Waals surface area contributed by atoms with Crippen molar-refractivity contribution in [1.29, 1.82) is 0 Å². The van der Waals surface area contributed by atoms with E-state index < -0.39 is 12.0 Å². The summed E-state index contributed by atoms with van der Waals surface area (Å²) in [5.41, 5.74) is 1.81. The Bertz CT molecular complexity index is 759. The number of fused-ring (bicyclic) bond motifs is 1. The predicted molar refractivity (Wildman–Crippen MR) is 92.9 cm³/mol. The molecule has 2 unspecified atom stereocenters. The van der Waals surface area contributed by atoms with E-state index in [-0.39, 0.29) is 11.2 Å². The zero-order valence-electron chi connectivity index (χ0n) is 12.9. The summed E-state index contributed by atoms with van der Waals surface area (Å²) >= 11 is 4.93. The number of aliphatic imine (C=N–C) groups is 1. The summed E-state index contributed by atoms with van der Waals surface area (Å²) in [5, 5.41) is 0.414. The van der Waals surface area contributed by atoms with Gasteiger partial charge in [-0.3, -0.25) is 9.69 Å². The largest absolute Gasteiger partial charge is 0.466 e. The van der Waals surface area contributed by atoms with Crippen LogP contribution in [0.4, 0.5) is 0 Å². The van der Waals surface area contributed by atoms with Gasteiger partial charge in [-0.2, -0.15) is 0 Å². The molecule has 2 atom stereocenters. The van der Waals surface area contributed by atoms with E-state index in [9.17, 15) is 9.59 Å². The minimum Gasteiger partial charge on any atom is -0.466 e. The smallest absolute Gasteiger partial charge is 0.338 e. The second kappa shape index (κ2) is 6.13. The van der Waals surface area contributed by atoms with E-state index >= 15 is 0 Å². The normalized spacial score (nSPS) is 23.7. The summed E-state index contributed by atoms with van der Waals surface area (Å²) in [6, 6.07) is 7.03. The first-order valence-corrected chi connectivity index (χ1v) is 8.75. The summed E-state index contributed by atoms with van der Waals surface area (Å²) in [6.45, 7) is 3.62. The molecular weight excluding hydrogens is 380 g/mol. The molecule has 7 heteroatoms. The third-order valence-electron chi connectivity index (χ3n) is 3.86. The van der Waals surface area contributed by atoms with Crippen LogP contribution in [0.3, 0.4) is 0 Å². The van der Waals surface area contributed by atoms with Gasteiger partial charge in [-0.1, -0.05) is 45.9 Å². The van der Waals surface area contributed by atoms with Crippen molar-refractivity contribution in [2.75, 3.05) is 7.11 Å². The van der Waals surface area contributed by atoms with E-state index in [4.69, 9.17) is 4.74 Å². The zero-order valence-corrected chi connectivity index (χ0v) is 15.3. The molecule has 1 fully saturated rings. The molecule has 0 bridgehead atoms. The number of halogens is 1. The van der Waals surface area contributed by atoms with Gasteiger partial charge in [0.05, 0.1) is 29.7 Å². The lowest BCUT2D eigenvalue weighted by Crippen LogP contribution is -2.40. The summed E-state index contributed by atoms with van der Waals surface area (Å²) < 4.78 is 5.77. The fourth-order valence-corrected chi connectivity index (χ4v) is 4.30.